The Morgan fingerprint density at radius 3 is 2.48 bits per heavy atom. The maximum Gasteiger partial charge on any atom is 0.309 e. The highest BCUT2D eigenvalue weighted by Gasteiger charge is 2.15. The summed E-state index contributed by atoms with van der Waals surface area (Å²) in [6.07, 6.45) is -0.812. The maximum atomic E-state index is 11.7. The number of carbonyl (C=O) groups excluding carboxylic acids is 2. The van der Waals surface area contributed by atoms with Crippen LogP contribution in [0.25, 0.3) is 0 Å². The molecule has 0 aliphatic carbocycles. The van der Waals surface area contributed by atoms with Crippen molar-refractivity contribution in [1.29, 1.82) is 0 Å². The van der Waals surface area contributed by atoms with E-state index in [2.05, 4.69) is 10.6 Å². The number of carbonyl (C=O) groups is 2. The summed E-state index contributed by atoms with van der Waals surface area (Å²) in [5.74, 6) is -0.784. The average Bonchev–Trinajstić information content (AvgIpc) is 3.12. The van der Waals surface area contributed by atoms with Crippen LogP contribution < -0.4 is 15.4 Å². The average molecular weight is 334 g/mol. The highest BCUT2D eigenvalue weighted by Crippen LogP contribution is 2.17. The summed E-state index contributed by atoms with van der Waals surface area (Å²) in [6.45, 7) is 0.235. The lowest BCUT2D eigenvalue weighted by molar-refractivity contribution is -0.139. The van der Waals surface area contributed by atoms with Crippen LogP contribution >= 0.6 is 11.3 Å². The normalized spacial score (nSPS) is 11.6. The third-order valence-corrected chi connectivity index (χ3v) is 4.12. The van der Waals surface area contributed by atoms with E-state index in [-0.39, 0.29) is 13.1 Å². The van der Waals surface area contributed by atoms with E-state index in [1.165, 1.54) is 11.3 Å². The van der Waals surface area contributed by atoms with Gasteiger partial charge in [-0.2, -0.15) is 0 Å². The van der Waals surface area contributed by atoms with Crippen molar-refractivity contribution in [3.63, 3.8) is 0 Å². The van der Waals surface area contributed by atoms with Gasteiger partial charge in [-0.25, -0.2) is 0 Å². The van der Waals surface area contributed by atoms with Crippen molar-refractivity contribution in [2.24, 2.45) is 0 Å². The molecule has 0 fully saturated rings. The van der Waals surface area contributed by atoms with E-state index in [4.69, 9.17) is 4.74 Å². The van der Waals surface area contributed by atoms with Crippen LogP contribution in [0, 0.1) is 0 Å². The monoisotopic (exact) mass is 334 g/mol. The smallest absolute Gasteiger partial charge is 0.309 e. The van der Waals surface area contributed by atoms with Gasteiger partial charge in [-0.15, -0.1) is 11.3 Å². The van der Waals surface area contributed by atoms with E-state index in [0.717, 1.165) is 16.2 Å². The number of amides is 2. The second kappa shape index (κ2) is 8.30. The van der Waals surface area contributed by atoms with Crippen LogP contribution in [0.5, 0.6) is 5.75 Å². The summed E-state index contributed by atoms with van der Waals surface area (Å²) in [5.41, 5.74) is 0.852. The molecule has 3 N–H and O–H groups in total. The minimum atomic E-state index is -0.812. The predicted molar refractivity (Wildman–Crippen MR) is 87.1 cm³/mol. The first-order valence-corrected chi connectivity index (χ1v) is 7.88. The molecule has 0 saturated heterocycles. The van der Waals surface area contributed by atoms with E-state index >= 15 is 0 Å². The molecule has 6 nitrogen and oxygen atoms in total. The fourth-order valence-electron chi connectivity index (χ4n) is 1.86. The standard InChI is InChI=1S/C16H18N2O4S/c1-22-12-6-4-11(5-7-12)9-17-15(20)16(21)18-10-13(19)14-3-2-8-23-14/h2-8,13,19H,9-10H2,1H3,(H,17,20)(H,18,21). The van der Waals surface area contributed by atoms with Gasteiger partial charge in [0.1, 0.15) is 11.9 Å². The van der Waals surface area contributed by atoms with Crippen LogP contribution in [-0.4, -0.2) is 30.6 Å². The number of hydrogen-bond donors (Lipinski definition) is 3. The molecule has 0 bridgehead atoms. The summed E-state index contributed by atoms with van der Waals surface area (Å²) in [5, 5.41) is 16.6. The largest absolute Gasteiger partial charge is 0.497 e. The number of benzene rings is 1. The number of rotatable bonds is 6. The molecule has 1 unspecified atom stereocenters. The Labute approximate surface area is 138 Å². The number of ether oxygens (including phenoxy) is 1. The quantitative estimate of drug-likeness (QED) is 0.693. The van der Waals surface area contributed by atoms with Gasteiger partial charge in [0.05, 0.1) is 7.11 Å². The molecule has 122 valence electrons. The lowest BCUT2D eigenvalue weighted by Crippen LogP contribution is -2.41. The fraction of sp³-hybridized carbons (Fsp3) is 0.250. The third-order valence-electron chi connectivity index (χ3n) is 3.15. The van der Waals surface area contributed by atoms with Gasteiger partial charge in [-0.05, 0) is 29.1 Å². The minimum absolute atomic E-state index is 0.00466. The number of thiophene rings is 1. The van der Waals surface area contributed by atoms with Gasteiger partial charge in [0, 0.05) is 18.0 Å². The number of nitrogens with one attached hydrogen (secondary N) is 2. The molecule has 1 aromatic carbocycles. The molecule has 2 aromatic rings. The zero-order valence-corrected chi connectivity index (χ0v) is 13.4. The van der Waals surface area contributed by atoms with Gasteiger partial charge >= 0.3 is 11.8 Å². The first-order chi connectivity index (χ1) is 11.1. The van der Waals surface area contributed by atoms with Gasteiger partial charge in [0.15, 0.2) is 0 Å². The van der Waals surface area contributed by atoms with E-state index < -0.39 is 17.9 Å². The van der Waals surface area contributed by atoms with Crippen LogP contribution in [0.15, 0.2) is 41.8 Å². The molecule has 0 saturated carbocycles. The molecule has 1 aromatic heterocycles. The second-order valence-electron chi connectivity index (χ2n) is 4.77. The van der Waals surface area contributed by atoms with Crippen LogP contribution in [-0.2, 0) is 16.1 Å². The minimum Gasteiger partial charge on any atom is -0.497 e. The van der Waals surface area contributed by atoms with Crippen LogP contribution in [0.1, 0.15) is 16.5 Å². The number of methoxy groups -OCH3 is 1. The Morgan fingerprint density at radius 2 is 1.87 bits per heavy atom. The molecule has 2 amide bonds. The Balaban J connectivity index is 1.75. The third kappa shape index (κ3) is 5.08. The highest BCUT2D eigenvalue weighted by molar-refractivity contribution is 7.10. The lowest BCUT2D eigenvalue weighted by Gasteiger charge is -2.10. The van der Waals surface area contributed by atoms with Gasteiger partial charge in [-0.1, -0.05) is 18.2 Å². The van der Waals surface area contributed by atoms with E-state index in [1.807, 2.05) is 11.4 Å². The summed E-state index contributed by atoms with van der Waals surface area (Å²) in [4.78, 5) is 24.1. The Morgan fingerprint density at radius 1 is 1.17 bits per heavy atom. The molecule has 0 aliphatic heterocycles. The van der Waals surface area contributed by atoms with Gasteiger partial charge in [0.25, 0.3) is 0 Å². The number of aliphatic hydroxyl groups is 1. The summed E-state index contributed by atoms with van der Waals surface area (Å²) < 4.78 is 5.04. The van der Waals surface area contributed by atoms with Crippen molar-refractivity contribution in [3.8, 4) is 5.75 Å². The molecular formula is C16H18N2O4S. The van der Waals surface area contributed by atoms with Gasteiger partial charge in [-0.3, -0.25) is 9.59 Å². The van der Waals surface area contributed by atoms with Crippen molar-refractivity contribution < 1.29 is 19.4 Å². The van der Waals surface area contributed by atoms with E-state index in [9.17, 15) is 14.7 Å². The molecule has 0 aliphatic rings. The zero-order valence-electron chi connectivity index (χ0n) is 12.6. The molecule has 7 heteroatoms. The molecular weight excluding hydrogens is 316 g/mol. The predicted octanol–water partition coefficient (Wildman–Crippen LogP) is 1.22. The number of aliphatic hydroxyl groups excluding tert-OH is 1. The number of hydrogen-bond acceptors (Lipinski definition) is 5. The van der Waals surface area contributed by atoms with Crippen molar-refractivity contribution in [2.75, 3.05) is 13.7 Å². The molecule has 0 spiro atoms. The van der Waals surface area contributed by atoms with E-state index in [1.54, 1.807) is 37.4 Å². The molecule has 1 heterocycles. The molecule has 0 radical (unpaired) electrons. The van der Waals surface area contributed by atoms with Crippen molar-refractivity contribution in [1.82, 2.24) is 10.6 Å². The van der Waals surface area contributed by atoms with Crippen LogP contribution in [0.4, 0.5) is 0 Å². The molecule has 1 atom stereocenters. The van der Waals surface area contributed by atoms with E-state index in [0.29, 0.717) is 0 Å². The summed E-state index contributed by atoms with van der Waals surface area (Å²) in [6, 6.07) is 10.7. The zero-order chi connectivity index (χ0) is 16.7. The SMILES string of the molecule is COc1ccc(CNC(=O)C(=O)NCC(O)c2cccs2)cc1. The van der Waals surface area contributed by atoms with Crippen LogP contribution in [0.3, 0.4) is 0 Å². The highest BCUT2D eigenvalue weighted by atomic mass is 32.1. The lowest BCUT2D eigenvalue weighted by atomic mass is 10.2. The maximum absolute atomic E-state index is 11.7. The Bertz CT molecular complexity index is 641. The summed E-state index contributed by atoms with van der Waals surface area (Å²) in [7, 11) is 1.58. The van der Waals surface area contributed by atoms with Crippen molar-refractivity contribution in [2.45, 2.75) is 12.6 Å². The van der Waals surface area contributed by atoms with Crippen LogP contribution in [0.2, 0.25) is 0 Å². The Kier molecular flexibility index (Phi) is 6.13. The molecule has 2 rings (SSSR count). The topological polar surface area (TPSA) is 87.7 Å². The first-order valence-electron chi connectivity index (χ1n) is 7.00. The molecule has 23 heavy (non-hydrogen) atoms. The van der Waals surface area contributed by atoms with Crippen molar-refractivity contribution >= 4 is 23.2 Å². The Hall–Kier alpha value is -2.38. The van der Waals surface area contributed by atoms with Crippen molar-refractivity contribution in [3.05, 3.63) is 52.2 Å². The first kappa shape index (κ1) is 17.0. The van der Waals surface area contributed by atoms with Gasteiger partial charge < -0.3 is 20.5 Å². The second-order valence-corrected chi connectivity index (χ2v) is 5.75. The fourth-order valence-corrected chi connectivity index (χ4v) is 2.57. The summed E-state index contributed by atoms with van der Waals surface area (Å²) >= 11 is 1.39. The van der Waals surface area contributed by atoms with Gasteiger partial charge in [0.2, 0.25) is 0 Å².